The van der Waals surface area contributed by atoms with Crippen molar-refractivity contribution in [2.75, 3.05) is 10.9 Å². The number of amides is 1. The molecule has 0 bridgehead atoms. The van der Waals surface area contributed by atoms with Crippen LogP contribution < -0.4 is 9.04 Å². The molecule has 0 saturated heterocycles. The zero-order valence-corrected chi connectivity index (χ0v) is 17.0. The average Bonchev–Trinajstić information content (AvgIpc) is 2.70. The fraction of sp³-hybridized carbons (Fsp3) is 0.0952. The molecule has 0 spiro atoms. The second kappa shape index (κ2) is 8.63. The van der Waals surface area contributed by atoms with Gasteiger partial charge in [-0.15, -0.1) is 0 Å². The fourth-order valence-corrected chi connectivity index (χ4v) is 4.20. The lowest BCUT2D eigenvalue weighted by molar-refractivity contribution is 0.100. The van der Waals surface area contributed by atoms with E-state index >= 15 is 0 Å². The number of anilines is 1. The Hall–Kier alpha value is -2.90. The number of halogens is 2. The fourth-order valence-electron chi connectivity index (χ4n) is 2.66. The van der Waals surface area contributed by atoms with Crippen LogP contribution in [0.2, 0.25) is 5.02 Å². The second-order valence-electron chi connectivity index (χ2n) is 5.97. The van der Waals surface area contributed by atoms with Gasteiger partial charge in [0.1, 0.15) is 11.6 Å². The van der Waals surface area contributed by atoms with Crippen molar-refractivity contribution < 1.29 is 22.3 Å². The molecule has 0 unspecified atom stereocenters. The highest BCUT2D eigenvalue weighted by atomic mass is 35.5. The Morgan fingerprint density at radius 2 is 1.69 bits per heavy atom. The van der Waals surface area contributed by atoms with Gasteiger partial charge in [0, 0.05) is 10.6 Å². The molecule has 8 heteroatoms. The van der Waals surface area contributed by atoms with Gasteiger partial charge in [0.2, 0.25) is 0 Å². The zero-order valence-electron chi connectivity index (χ0n) is 15.4. The van der Waals surface area contributed by atoms with Crippen LogP contribution in [0.15, 0.2) is 77.7 Å². The highest BCUT2D eigenvalue weighted by Gasteiger charge is 2.32. The molecule has 5 nitrogen and oxygen atoms in total. The van der Waals surface area contributed by atoms with Gasteiger partial charge >= 0.3 is 0 Å². The minimum atomic E-state index is -4.29. The Morgan fingerprint density at radius 3 is 2.28 bits per heavy atom. The van der Waals surface area contributed by atoms with Crippen LogP contribution in [0, 0.1) is 5.82 Å². The largest absolute Gasteiger partial charge is 0.494 e. The SMILES string of the molecule is CCOc1ccc(N(C(=O)c2cccc(F)c2)S(=O)(=O)c2ccc(Cl)cc2)cc1. The molecular weight excluding hydrogens is 417 g/mol. The van der Waals surface area contributed by atoms with E-state index in [9.17, 15) is 17.6 Å². The number of carbonyl (C=O) groups excluding carboxylic acids is 1. The smallest absolute Gasteiger partial charge is 0.272 e. The van der Waals surface area contributed by atoms with Gasteiger partial charge < -0.3 is 4.74 Å². The Balaban J connectivity index is 2.12. The molecule has 0 aliphatic rings. The summed E-state index contributed by atoms with van der Waals surface area (Å²) in [6, 6.07) is 16.3. The summed E-state index contributed by atoms with van der Waals surface area (Å²) in [4.78, 5) is 13.0. The maximum atomic E-state index is 13.6. The molecule has 1 amide bonds. The number of sulfonamides is 1. The third kappa shape index (κ3) is 4.58. The first-order chi connectivity index (χ1) is 13.8. The van der Waals surface area contributed by atoms with Crippen molar-refractivity contribution in [1.29, 1.82) is 0 Å². The second-order valence-corrected chi connectivity index (χ2v) is 8.19. The minimum Gasteiger partial charge on any atom is -0.494 e. The molecule has 3 aromatic rings. The van der Waals surface area contributed by atoms with Crippen LogP contribution in [-0.4, -0.2) is 20.9 Å². The van der Waals surface area contributed by atoms with Gasteiger partial charge in [0.05, 0.1) is 17.2 Å². The normalized spacial score (nSPS) is 11.1. The van der Waals surface area contributed by atoms with Gasteiger partial charge in [0.15, 0.2) is 0 Å². The summed E-state index contributed by atoms with van der Waals surface area (Å²) in [6.45, 7) is 2.26. The van der Waals surface area contributed by atoms with Gasteiger partial charge in [-0.25, -0.2) is 12.8 Å². The molecule has 3 rings (SSSR count). The van der Waals surface area contributed by atoms with E-state index in [1.165, 1.54) is 54.6 Å². The first-order valence-corrected chi connectivity index (χ1v) is 10.5. The van der Waals surface area contributed by atoms with E-state index in [2.05, 4.69) is 0 Å². The van der Waals surface area contributed by atoms with Gasteiger partial charge in [-0.3, -0.25) is 4.79 Å². The molecule has 0 aliphatic heterocycles. The molecule has 0 saturated carbocycles. The van der Waals surface area contributed by atoms with Gasteiger partial charge in [-0.1, -0.05) is 17.7 Å². The minimum absolute atomic E-state index is 0.0951. The summed E-state index contributed by atoms with van der Waals surface area (Å²) in [5, 5.41) is 0.355. The van der Waals surface area contributed by atoms with Crippen molar-refractivity contribution in [3.63, 3.8) is 0 Å². The molecule has 3 aromatic carbocycles. The lowest BCUT2D eigenvalue weighted by Crippen LogP contribution is -2.37. The van der Waals surface area contributed by atoms with E-state index in [1.54, 1.807) is 12.1 Å². The van der Waals surface area contributed by atoms with Crippen molar-refractivity contribution in [3.05, 3.63) is 89.2 Å². The van der Waals surface area contributed by atoms with Crippen LogP contribution in [0.25, 0.3) is 0 Å². The van der Waals surface area contributed by atoms with E-state index in [4.69, 9.17) is 16.3 Å². The molecule has 0 aromatic heterocycles. The molecule has 0 aliphatic carbocycles. The maximum absolute atomic E-state index is 13.6. The lowest BCUT2D eigenvalue weighted by atomic mass is 10.2. The predicted octanol–water partition coefficient (Wildman–Crippen LogP) is 4.91. The number of ether oxygens (including phenoxy) is 1. The predicted molar refractivity (Wildman–Crippen MR) is 109 cm³/mol. The first-order valence-electron chi connectivity index (χ1n) is 8.66. The molecule has 0 heterocycles. The summed E-state index contributed by atoms with van der Waals surface area (Å²) in [6.07, 6.45) is 0. The van der Waals surface area contributed by atoms with Crippen LogP contribution in [-0.2, 0) is 10.0 Å². The number of hydrogen-bond acceptors (Lipinski definition) is 4. The zero-order chi connectivity index (χ0) is 21.0. The molecule has 0 N–H and O–H groups in total. The standard InChI is InChI=1S/C21H17ClFNO4S/c1-2-28-19-10-8-18(9-11-19)24(21(25)15-4-3-5-17(23)14-15)29(26,27)20-12-6-16(22)7-13-20/h3-14H,2H2,1H3. The van der Waals surface area contributed by atoms with Crippen LogP contribution in [0.3, 0.4) is 0 Å². The maximum Gasteiger partial charge on any atom is 0.272 e. The van der Waals surface area contributed by atoms with E-state index in [-0.39, 0.29) is 16.1 Å². The summed E-state index contributed by atoms with van der Waals surface area (Å²) in [5.41, 5.74) is -0.00547. The van der Waals surface area contributed by atoms with Crippen molar-refractivity contribution in [2.45, 2.75) is 11.8 Å². The van der Waals surface area contributed by atoms with Crippen molar-refractivity contribution in [2.24, 2.45) is 0 Å². The lowest BCUT2D eigenvalue weighted by Gasteiger charge is -2.23. The van der Waals surface area contributed by atoms with E-state index in [1.807, 2.05) is 6.92 Å². The van der Waals surface area contributed by atoms with Gasteiger partial charge in [-0.05, 0) is 73.7 Å². The first kappa shape index (κ1) is 20.8. The van der Waals surface area contributed by atoms with E-state index < -0.39 is 21.7 Å². The van der Waals surface area contributed by atoms with Crippen molar-refractivity contribution in [3.8, 4) is 5.75 Å². The number of benzene rings is 3. The number of rotatable bonds is 6. The third-order valence-electron chi connectivity index (χ3n) is 3.99. The average molecular weight is 434 g/mol. The third-order valence-corrected chi connectivity index (χ3v) is 5.97. The number of nitrogens with zero attached hydrogens (tertiary/aromatic N) is 1. The molecular formula is C21H17ClFNO4S. The molecule has 0 atom stereocenters. The van der Waals surface area contributed by atoms with Crippen molar-refractivity contribution >= 4 is 33.2 Å². The Morgan fingerprint density at radius 1 is 1.03 bits per heavy atom. The highest BCUT2D eigenvalue weighted by Crippen LogP contribution is 2.28. The monoisotopic (exact) mass is 433 g/mol. The topological polar surface area (TPSA) is 63.7 Å². The Bertz CT molecular complexity index is 1120. The highest BCUT2D eigenvalue weighted by molar-refractivity contribution is 7.93. The summed E-state index contributed by atoms with van der Waals surface area (Å²) in [7, 11) is -4.29. The quantitative estimate of drug-likeness (QED) is 0.554. The number of carbonyl (C=O) groups is 1. The van der Waals surface area contributed by atoms with Gasteiger partial charge in [-0.2, -0.15) is 4.31 Å². The molecule has 0 radical (unpaired) electrons. The summed E-state index contributed by atoms with van der Waals surface area (Å²) >= 11 is 5.85. The van der Waals surface area contributed by atoms with Crippen LogP contribution in [0.5, 0.6) is 5.75 Å². The van der Waals surface area contributed by atoms with Crippen LogP contribution >= 0.6 is 11.6 Å². The Kier molecular flexibility index (Phi) is 6.20. The summed E-state index contributed by atoms with van der Waals surface area (Å²) in [5.74, 6) is -1.01. The van der Waals surface area contributed by atoms with Gasteiger partial charge in [0.25, 0.3) is 15.9 Å². The van der Waals surface area contributed by atoms with Crippen molar-refractivity contribution in [1.82, 2.24) is 0 Å². The van der Waals surface area contributed by atoms with E-state index in [0.717, 1.165) is 6.07 Å². The Labute approximate surface area is 173 Å². The molecule has 29 heavy (non-hydrogen) atoms. The molecule has 150 valence electrons. The van der Waals surface area contributed by atoms with E-state index in [0.29, 0.717) is 21.7 Å². The van der Waals surface area contributed by atoms with Crippen LogP contribution in [0.1, 0.15) is 17.3 Å². The summed E-state index contributed by atoms with van der Waals surface area (Å²) < 4.78 is 46.2. The van der Waals surface area contributed by atoms with Crippen LogP contribution in [0.4, 0.5) is 10.1 Å². The number of hydrogen-bond donors (Lipinski definition) is 0. The molecule has 0 fully saturated rings.